The van der Waals surface area contributed by atoms with E-state index in [9.17, 15) is 9.59 Å². The van der Waals surface area contributed by atoms with Gasteiger partial charge in [0.2, 0.25) is 12.0 Å². The van der Waals surface area contributed by atoms with E-state index in [0.717, 1.165) is 0 Å². The molecule has 0 heterocycles. The summed E-state index contributed by atoms with van der Waals surface area (Å²) in [6.07, 6.45) is -0.879. The van der Waals surface area contributed by atoms with Crippen molar-refractivity contribution in [3.05, 3.63) is 65.7 Å². The Balaban J connectivity index is 2.21. The van der Waals surface area contributed by atoms with Crippen LogP contribution in [-0.4, -0.2) is 11.8 Å². The summed E-state index contributed by atoms with van der Waals surface area (Å²) in [4.78, 5) is 22.5. The summed E-state index contributed by atoms with van der Waals surface area (Å²) in [5, 5.41) is 0. The van der Waals surface area contributed by atoms with E-state index in [2.05, 4.69) is 0 Å². The van der Waals surface area contributed by atoms with Gasteiger partial charge in [-0.1, -0.05) is 30.3 Å². The highest BCUT2D eigenvalue weighted by atomic mass is 16.5. The largest absolute Gasteiger partial charge is 0.476 e. The lowest BCUT2D eigenvalue weighted by Gasteiger charge is -2.16. The topological polar surface area (TPSA) is 95.4 Å². The molecule has 0 bridgehead atoms. The molecule has 1 atom stereocenters. The lowest BCUT2D eigenvalue weighted by molar-refractivity contribution is -0.125. The SMILES string of the molecule is NC(=O)c1ccc(O[C@@H](C(N)=O)c2ccccc2)cc1. The Kier molecular flexibility index (Phi) is 4.00. The van der Waals surface area contributed by atoms with Crippen LogP contribution < -0.4 is 16.2 Å². The average molecular weight is 270 g/mol. The third-order valence-electron chi connectivity index (χ3n) is 2.75. The quantitative estimate of drug-likeness (QED) is 0.859. The highest BCUT2D eigenvalue weighted by Gasteiger charge is 2.19. The number of carbonyl (C=O) groups excluding carboxylic acids is 2. The van der Waals surface area contributed by atoms with E-state index in [1.165, 1.54) is 12.1 Å². The molecule has 0 fully saturated rings. The standard InChI is InChI=1S/C15H14N2O3/c16-14(18)11-6-8-12(9-7-11)20-13(15(17)19)10-4-2-1-3-5-10/h1-9,13H,(H2,16,18)(H2,17,19)/t13-/m1/s1. The molecule has 2 amide bonds. The fourth-order valence-electron chi connectivity index (χ4n) is 1.75. The van der Waals surface area contributed by atoms with Crippen LogP contribution in [0.1, 0.15) is 22.0 Å². The van der Waals surface area contributed by atoms with Gasteiger partial charge in [-0.3, -0.25) is 9.59 Å². The van der Waals surface area contributed by atoms with Crippen LogP contribution in [0.15, 0.2) is 54.6 Å². The summed E-state index contributed by atoms with van der Waals surface area (Å²) in [6, 6.07) is 15.1. The van der Waals surface area contributed by atoms with E-state index in [4.69, 9.17) is 16.2 Å². The zero-order valence-corrected chi connectivity index (χ0v) is 10.7. The fourth-order valence-corrected chi connectivity index (χ4v) is 1.75. The Morgan fingerprint density at radius 3 is 2.00 bits per heavy atom. The number of benzene rings is 2. The van der Waals surface area contributed by atoms with E-state index < -0.39 is 17.9 Å². The lowest BCUT2D eigenvalue weighted by atomic mass is 10.1. The Bertz CT molecular complexity index is 609. The molecular weight excluding hydrogens is 256 g/mol. The number of carbonyl (C=O) groups is 2. The Labute approximate surface area is 116 Å². The second-order valence-electron chi connectivity index (χ2n) is 4.20. The maximum absolute atomic E-state index is 11.5. The second-order valence-corrected chi connectivity index (χ2v) is 4.20. The predicted octanol–water partition coefficient (Wildman–Crippen LogP) is 1.39. The molecule has 5 nitrogen and oxygen atoms in total. The summed E-state index contributed by atoms with van der Waals surface area (Å²) >= 11 is 0. The highest BCUT2D eigenvalue weighted by Crippen LogP contribution is 2.22. The number of rotatable bonds is 5. The number of amides is 2. The summed E-state index contributed by atoms with van der Waals surface area (Å²) < 4.78 is 5.57. The molecule has 20 heavy (non-hydrogen) atoms. The molecule has 102 valence electrons. The van der Waals surface area contributed by atoms with Gasteiger partial charge in [0.15, 0.2) is 0 Å². The van der Waals surface area contributed by atoms with E-state index in [1.807, 2.05) is 6.07 Å². The van der Waals surface area contributed by atoms with Crippen molar-refractivity contribution in [3.63, 3.8) is 0 Å². The molecule has 0 aliphatic rings. The zero-order valence-electron chi connectivity index (χ0n) is 10.7. The molecule has 0 radical (unpaired) electrons. The number of hydrogen-bond donors (Lipinski definition) is 2. The van der Waals surface area contributed by atoms with Crippen LogP contribution >= 0.6 is 0 Å². The lowest BCUT2D eigenvalue weighted by Crippen LogP contribution is -2.26. The zero-order chi connectivity index (χ0) is 14.5. The fraction of sp³-hybridized carbons (Fsp3) is 0.0667. The van der Waals surface area contributed by atoms with Crippen LogP contribution in [0.5, 0.6) is 5.75 Å². The molecule has 0 spiro atoms. The maximum Gasteiger partial charge on any atom is 0.263 e. The van der Waals surface area contributed by atoms with Gasteiger partial charge in [-0.15, -0.1) is 0 Å². The van der Waals surface area contributed by atoms with Gasteiger partial charge in [-0.2, -0.15) is 0 Å². The van der Waals surface area contributed by atoms with Gasteiger partial charge in [0.25, 0.3) is 5.91 Å². The normalized spacial score (nSPS) is 11.6. The molecule has 2 aromatic rings. The molecule has 0 aromatic heterocycles. The maximum atomic E-state index is 11.5. The molecule has 2 aromatic carbocycles. The second kappa shape index (κ2) is 5.88. The first kappa shape index (κ1) is 13.6. The minimum absolute atomic E-state index is 0.368. The first-order valence-corrected chi connectivity index (χ1v) is 5.98. The number of hydrogen-bond acceptors (Lipinski definition) is 3. The van der Waals surface area contributed by atoms with Crippen molar-refractivity contribution >= 4 is 11.8 Å². The molecule has 0 saturated heterocycles. The van der Waals surface area contributed by atoms with Gasteiger partial charge in [0, 0.05) is 11.1 Å². The van der Waals surface area contributed by atoms with Crippen LogP contribution in [0.4, 0.5) is 0 Å². The average Bonchev–Trinajstić information content (AvgIpc) is 2.46. The monoisotopic (exact) mass is 270 g/mol. The molecule has 0 aliphatic heterocycles. The summed E-state index contributed by atoms with van der Waals surface area (Å²) in [6.45, 7) is 0. The minimum Gasteiger partial charge on any atom is -0.476 e. The third kappa shape index (κ3) is 3.14. The number of ether oxygens (including phenoxy) is 1. The Morgan fingerprint density at radius 1 is 0.900 bits per heavy atom. The van der Waals surface area contributed by atoms with Crippen LogP contribution in [0.2, 0.25) is 0 Å². The Morgan fingerprint density at radius 2 is 1.50 bits per heavy atom. The van der Waals surface area contributed by atoms with Crippen molar-refractivity contribution < 1.29 is 14.3 Å². The van der Waals surface area contributed by atoms with Crippen molar-refractivity contribution in [1.29, 1.82) is 0 Å². The van der Waals surface area contributed by atoms with Crippen molar-refractivity contribution in [2.75, 3.05) is 0 Å². The number of primary amides is 2. The molecular formula is C15H14N2O3. The van der Waals surface area contributed by atoms with Gasteiger partial charge in [-0.05, 0) is 24.3 Å². The van der Waals surface area contributed by atoms with Crippen molar-refractivity contribution in [2.45, 2.75) is 6.10 Å². The van der Waals surface area contributed by atoms with E-state index in [-0.39, 0.29) is 0 Å². The van der Waals surface area contributed by atoms with Crippen LogP contribution in [0.3, 0.4) is 0 Å². The van der Waals surface area contributed by atoms with Crippen LogP contribution in [0.25, 0.3) is 0 Å². The summed E-state index contributed by atoms with van der Waals surface area (Å²) in [5.74, 6) is -0.677. The highest BCUT2D eigenvalue weighted by molar-refractivity contribution is 5.92. The van der Waals surface area contributed by atoms with Gasteiger partial charge in [0.1, 0.15) is 5.75 Å². The summed E-state index contributed by atoms with van der Waals surface area (Å²) in [7, 11) is 0. The van der Waals surface area contributed by atoms with Gasteiger partial charge >= 0.3 is 0 Å². The van der Waals surface area contributed by atoms with Gasteiger partial charge in [-0.25, -0.2) is 0 Å². The third-order valence-corrected chi connectivity index (χ3v) is 2.75. The smallest absolute Gasteiger partial charge is 0.263 e. The van der Waals surface area contributed by atoms with Crippen molar-refractivity contribution in [2.24, 2.45) is 11.5 Å². The molecule has 0 saturated carbocycles. The number of nitrogens with two attached hydrogens (primary N) is 2. The first-order valence-electron chi connectivity index (χ1n) is 5.98. The van der Waals surface area contributed by atoms with Crippen LogP contribution in [-0.2, 0) is 4.79 Å². The summed E-state index contributed by atoms with van der Waals surface area (Å²) in [5.41, 5.74) is 11.5. The molecule has 4 N–H and O–H groups in total. The predicted molar refractivity (Wildman–Crippen MR) is 74.0 cm³/mol. The molecule has 0 aliphatic carbocycles. The van der Waals surface area contributed by atoms with Gasteiger partial charge < -0.3 is 16.2 Å². The van der Waals surface area contributed by atoms with Crippen molar-refractivity contribution in [3.8, 4) is 5.75 Å². The van der Waals surface area contributed by atoms with Crippen molar-refractivity contribution in [1.82, 2.24) is 0 Å². The molecule has 2 rings (SSSR count). The minimum atomic E-state index is -0.879. The molecule has 0 unspecified atom stereocenters. The first-order chi connectivity index (χ1) is 9.58. The van der Waals surface area contributed by atoms with E-state index in [1.54, 1.807) is 36.4 Å². The van der Waals surface area contributed by atoms with E-state index in [0.29, 0.717) is 16.9 Å². The Hall–Kier alpha value is -2.82. The van der Waals surface area contributed by atoms with Crippen LogP contribution in [0, 0.1) is 0 Å². The van der Waals surface area contributed by atoms with Gasteiger partial charge in [0.05, 0.1) is 0 Å². The van der Waals surface area contributed by atoms with E-state index >= 15 is 0 Å². The molecule has 5 heteroatoms.